The molecule has 1 unspecified atom stereocenters. The van der Waals surface area contributed by atoms with Crippen molar-refractivity contribution < 1.29 is 5.11 Å². The van der Waals surface area contributed by atoms with Gasteiger partial charge >= 0.3 is 0 Å². The summed E-state index contributed by atoms with van der Waals surface area (Å²) in [6, 6.07) is 2.03. The van der Waals surface area contributed by atoms with Crippen molar-refractivity contribution in [1.82, 2.24) is 4.57 Å². The molecule has 0 aliphatic heterocycles. The van der Waals surface area contributed by atoms with Crippen molar-refractivity contribution in [2.75, 3.05) is 0 Å². The smallest absolute Gasteiger partial charge is 0.0804 e. The lowest BCUT2D eigenvalue weighted by molar-refractivity contribution is 0.166. The molecule has 0 spiro atoms. The molecule has 0 fully saturated rings. The van der Waals surface area contributed by atoms with Gasteiger partial charge in [0.25, 0.3) is 0 Å². The molecule has 2 nitrogen and oxygen atoms in total. The van der Waals surface area contributed by atoms with E-state index < -0.39 is 0 Å². The lowest BCUT2D eigenvalue weighted by Crippen LogP contribution is -1.97. The van der Waals surface area contributed by atoms with Crippen molar-refractivity contribution in [2.45, 2.75) is 58.6 Å². The van der Waals surface area contributed by atoms with E-state index in [1.807, 2.05) is 6.07 Å². The van der Waals surface area contributed by atoms with Gasteiger partial charge in [-0.3, -0.25) is 0 Å². The van der Waals surface area contributed by atoms with Gasteiger partial charge in [-0.05, 0) is 24.5 Å². The van der Waals surface area contributed by atoms with Gasteiger partial charge < -0.3 is 9.67 Å². The van der Waals surface area contributed by atoms with Crippen molar-refractivity contribution >= 4 is 0 Å². The molecule has 0 aliphatic rings. The number of aliphatic hydroxyl groups excluding tert-OH is 1. The second kappa shape index (κ2) is 6.67. The molecule has 0 saturated carbocycles. The minimum absolute atomic E-state index is 0.276. The van der Waals surface area contributed by atoms with E-state index >= 15 is 0 Å². The standard InChI is InChI=1S/C13H23NO/c1-3-5-6-9-14-10-8-12(11-14)13(15)7-4-2/h8,10-11,13,15H,3-7,9H2,1-2H3. The molecule has 1 aromatic rings. The van der Waals surface area contributed by atoms with Crippen LogP contribution in [0.1, 0.15) is 57.6 Å². The Labute approximate surface area is 92.9 Å². The first-order valence-corrected chi connectivity index (χ1v) is 6.11. The average molecular weight is 209 g/mol. The molecule has 1 rings (SSSR count). The van der Waals surface area contributed by atoms with E-state index in [2.05, 4.69) is 30.8 Å². The third-order valence-corrected chi connectivity index (χ3v) is 2.74. The van der Waals surface area contributed by atoms with E-state index in [4.69, 9.17) is 0 Å². The number of nitrogens with zero attached hydrogens (tertiary/aromatic N) is 1. The highest BCUT2D eigenvalue weighted by Gasteiger charge is 2.07. The number of unbranched alkanes of at least 4 members (excludes halogenated alkanes) is 2. The highest BCUT2D eigenvalue weighted by molar-refractivity contribution is 5.13. The summed E-state index contributed by atoms with van der Waals surface area (Å²) in [5, 5.41) is 9.79. The second-order valence-corrected chi connectivity index (χ2v) is 4.19. The zero-order valence-corrected chi connectivity index (χ0v) is 9.95. The van der Waals surface area contributed by atoms with Gasteiger partial charge in [0.15, 0.2) is 0 Å². The van der Waals surface area contributed by atoms with Gasteiger partial charge in [0.05, 0.1) is 6.10 Å². The summed E-state index contributed by atoms with van der Waals surface area (Å²) in [7, 11) is 0. The second-order valence-electron chi connectivity index (χ2n) is 4.19. The van der Waals surface area contributed by atoms with Crippen LogP contribution in [0.4, 0.5) is 0 Å². The van der Waals surface area contributed by atoms with Crippen LogP contribution in [-0.2, 0) is 6.54 Å². The average Bonchev–Trinajstić information content (AvgIpc) is 2.67. The summed E-state index contributed by atoms with van der Waals surface area (Å²) in [6.45, 7) is 5.39. The van der Waals surface area contributed by atoms with Crippen LogP contribution in [-0.4, -0.2) is 9.67 Å². The van der Waals surface area contributed by atoms with E-state index in [1.165, 1.54) is 19.3 Å². The fraction of sp³-hybridized carbons (Fsp3) is 0.692. The summed E-state index contributed by atoms with van der Waals surface area (Å²) in [5.74, 6) is 0. The van der Waals surface area contributed by atoms with Crippen molar-refractivity contribution in [2.24, 2.45) is 0 Å². The summed E-state index contributed by atoms with van der Waals surface area (Å²) in [5.41, 5.74) is 1.06. The maximum atomic E-state index is 9.79. The van der Waals surface area contributed by atoms with Crippen LogP contribution in [0, 0.1) is 0 Å². The molecule has 0 aromatic carbocycles. The molecule has 0 saturated heterocycles. The van der Waals surface area contributed by atoms with Crippen LogP contribution in [0.3, 0.4) is 0 Å². The first-order valence-electron chi connectivity index (χ1n) is 6.11. The molecule has 15 heavy (non-hydrogen) atoms. The van der Waals surface area contributed by atoms with Crippen molar-refractivity contribution in [1.29, 1.82) is 0 Å². The fourth-order valence-electron chi connectivity index (χ4n) is 1.78. The van der Waals surface area contributed by atoms with E-state index in [0.717, 1.165) is 24.9 Å². The highest BCUT2D eigenvalue weighted by atomic mass is 16.3. The normalized spacial score (nSPS) is 13.0. The highest BCUT2D eigenvalue weighted by Crippen LogP contribution is 2.18. The first-order chi connectivity index (χ1) is 7.27. The molecule has 1 heterocycles. The van der Waals surface area contributed by atoms with Gasteiger partial charge in [0, 0.05) is 18.9 Å². The number of aryl methyl sites for hydroxylation is 1. The first kappa shape index (κ1) is 12.3. The Morgan fingerprint density at radius 3 is 2.73 bits per heavy atom. The van der Waals surface area contributed by atoms with Gasteiger partial charge in [0.2, 0.25) is 0 Å². The van der Waals surface area contributed by atoms with Gasteiger partial charge in [-0.25, -0.2) is 0 Å². The Hall–Kier alpha value is -0.760. The van der Waals surface area contributed by atoms with Gasteiger partial charge in [-0.1, -0.05) is 33.1 Å². The number of hydrogen-bond acceptors (Lipinski definition) is 1. The molecule has 0 amide bonds. The molecular weight excluding hydrogens is 186 g/mol. The molecule has 1 N–H and O–H groups in total. The summed E-state index contributed by atoms with van der Waals surface area (Å²) < 4.78 is 2.18. The Morgan fingerprint density at radius 2 is 2.07 bits per heavy atom. The number of aromatic nitrogens is 1. The van der Waals surface area contributed by atoms with Crippen molar-refractivity contribution in [3.05, 3.63) is 24.0 Å². The monoisotopic (exact) mass is 209 g/mol. The maximum Gasteiger partial charge on any atom is 0.0804 e. The lowest BCUT2D eigenvalue weighted by Gasteiger charge is -2.06. The zero-order chi connectivity index (χ0) is 11.1. The SMILES string of the molecule is CCCCCn1ccc(C(O)CCC)c1. The lowest BCUT2D eigenvalue weighted by atomic mass is 10.1. The molecule has 2 heteroatoms. The largest absolute Gasteiger partial charge is 0.388 e. The number of hydrogen-bond donors (Lipinski definition) is 1. The Balaban J connectivity index is 2.41. The van der Waals surface area contributed by atoms with E-state index in [1.54, 1.807) is 0 Å². The van der Waals surface area contributed by atoms with Crippen LogP contribution in [0.15, 0.2) is 18.5 Å². The number of aliphatic hydroxyl groups is 1. The van der Waals surface area contributed by atoms with E-state index in [9.17, 15) is 5.11 Å². The van der Waals surface area contributed by atoms with Crippen LogP contribution in [0.2, 0.25) is 0 Å². The predicted octanol–water partition coefficient (Wildman–Crippen LogP) is 3.51. The van der Waals surface area contributed by atoms with Crippen LogP contribution >= 0.6 is 0 Å². The fourth-order valence-corrected chi connectivity index (χ4v) is 1.78. The molecular formula is C13H23NO. The Kier molecular flexibility index (Phi) is 5.48. The topological polar surface area (TPSA) is 25.2 Å². The van der Waals surface area contributed by atoms with E-state index in [0.29, 0.717) is 0 Å². The van der Waals surface area contributed by atoms with Crippen molar-refractivity contribution in [3.63, 3.8) is 0 Å². The molecule has 0 aliphatic carbocycles. The molecule has 0 radical (unpaired) electrons. The van der Waals surface area contributed by atoms with Crippen molar-refractivity contribution in [3.8, 4) is 0 Å². The molecule has 1 atom stereocenters. The number of rotatable bonds is 7. The third-order valence-electron chi connectivity index (χ3n) is 2.74. The summed E-state index contributed by atoms with van der Waals surface area (Å²) in [4.78, 5) is 0. The molecule has 0 bridgehead atoms. The summed E-state index contributed by atoms with van der Waals surface area (Å²) in [6.07, 6.45) is 9.54. The molecule has 1 aromatic heterocycles. The van der Waals surface area contributed by atoms with Gasteiger partial charge in [-0.15, -0.1) is 0 Å². The maximum absolute atomic E-state index is 9.79. The minimum atomic E-state index is -0.276. The van der Waals surface area contributed by atoms with Gasteiger partial charge in [0.1, 0.15) is 0 Å². The van der Waals surface area contributed by atoms with Crippen LogP contribution in [0.25, 0.3) is 0 Å². The zero-order valence-electron chi connectivity index (χ0n) is 9.95. The van der Waals surface area contributed by atoms with Crippen LogP contribution < -0.4 is 0 Å². The van der Waals surface area contributed by atoms with Crippen LogP contribution in [0.5, 0.6) is 0 Å². The Morgan fingerprint density at radius 1 is 1.27 bits per heavy atom. The van der Waals surface area contributed by atoms with E-state index in [-0.39, 0.29) is 6.10 Å². The quantitative estimate of drug-likeness (QED) is 0.683. The Bertz CT molecular complexity index is 267. The summed E-state index contributed by atoms with van der Waals surface area (Å²) >= 11 is 0. The third kappa shape index (κ3) is 4.08. The minimum Gasteiger partial charge on any atom is -0.388 e. The predicted molar refractivity (Wildman–Crippen MR) is 63.8 cm³/mol. The van der Waals surface area contributed by atoms with Gasteiger partial charge in [-0.2, -0.15) is 0 Å². The molecule has 86 valence electrons.